The molecule has 1 aromatic rings. The Morgan fingerprint density at radius 2 is 1.50 bits per heavy atom. The molecule has 0 radical (unpaired) electrons. The normalized spacial score (nSPS) is 13.2. The van der Waals surface area contributed by atoms with Crippen LogP contribution in [0.3, 0.4) is 0 Å². The summed E-state index contributed by atoms with van der Waals surface area (Å²) in [7, 11) is 0. The van der Waals surface area contributed by atoms with Gasteiger partial charge >= 0.3 is 0 Å². The number of aliphatic hydroxyl groups excluding tert-OH is 1. The van der Waals surface area contributed by atoms with E-state index in [-0.39, 0.29) is 6.61 Å². The largest absolute Gasteiger partial charge is 0.396 e. The molecule has 0 aliphatic carbocycles. The van der Waals surface area contributed by atoms with Crippen LogP contribution in [-0.2, 0) is 0 Å². The summed E-state index contributed by atoms with van der Waals surface area (Å²) in [6.45, 7) is 6.83. The number of hydrogen-bond donors (Lipinski definition) is 1. The number of rotatable bonds is 4. The SMILES string of the molecule is CC(C)c1ccc(C(C)CCO)cc1. The molecule has 0 fully saturated rings. The fourth-order valence-corrected chi connectivity index (χ4v) is 1.57. The first-order chi connectivity index (χ1) is 6.65. The Kier molecular flexibility index (Phi) is 4.15. The van der Waals surface area contributed by atoms with Crippen LogP contribution in [0, 0.1) is 0 Å². The van der Waals surface area contributed by atoms with Gasteiger partial charge in [0.05, 0.1) is 0 Å². The van der Waals surface area contributed by atoms with E-state index in [4.69, 9.17) is 5.11 Å². The molecule has 1 nitrogen and oxygen atoms in total. The summed E-state index contributed by atoms with van der Waals surface area (Å²) < 4.78 is 0. The van der Waals surface area contributed by atoms with E-state index in [9.17, 15) is 0 Å². The van der Waals surface area contributed by atoms with Crippen LogP contribution in [0.1, 0.15) is 50.2 Å². The minimum Gasteiger partial charge on any atom is -0.396 e. The van der Waals surface area contributed by atoms with E-state index in [1.165, 1.54) is 11.1 Å². The maximum Gasteiger partial charge on any atom is 0.0436 e. The molecule has 1 aromatic carbocycles. The molecule has 0 aliphatic rings. The van der Waals surface area contributed by atoms with Crippen molar-refractivity contribution in [2.45, 2.75) is 39.0 Å². The summed E-state index contributed by atoms with van der Waals surface area (Å²) in [5.41, 5.74) is 2.70. The van der Waals surface area contributed by atoms with Crippen molar-refractivity contribution in [2.24, 2.45) is 0 Å². The maximum atomic E-state index is 8.84. The summed E-state index contributed by atoms with van der Waals surface area (Å²) in [5, 5.41) is 8.84. The van der Waals surface area contributed by atoms with Crippen LogP contribution in [0.5, 0.6) is 0 Å². The number of aliphatic hydroxyl groups is 1. The summed E-state index contributed by atoms with van der Waals surface area (Å²) in [5.74, 6) is 1.05. The minimum atomic E-state index is 0.271. The lowest BCUT2D eigenvalue weighted by atomic mass is 9.95. The summed E-state index contributed by atoms with van der Waals surface area (Å²) >= 11 is 0. The van der Waals surface area contributed by atoms with Crippen molar-refractivity contribution in [1.29, 1.82) is 0 Å². The van der Waals surface area contributed by atoms with Gasteiger partial charge in [-0.3, -0.25) is 0 Å². The van der Waals surface area contributed by atoms with E-state index >= 15 is 0 Å². The Morgan fingerprint density at radius 1 is 1.00 bits per heavy atom. The average molecular weight is 192 g/mol. The van der Waals surface area contributed by atoms with Gasteiger partial charge in [-0.05, 0) is 29.4 Å². The van der Waals surface area contributed by atoms with Gasteiger partial charge < -0.3 is 5.11 Å². The highest BCUT2D eigenvalue weighted by Crippen LogP contribution is 2.21. The molecular weight excluding hydrogens is 172 g/mol. The molecule has 0 heterocycles. The second kappa shape index (κ2) is 5.16. The molecule has 0 aliphatic heterocycles. The standard InChI is InChI=1S/C13H20O/c1-10(2)12-4-6-13(7-5-12)11(3)8-9-14/h4-7,10-11,14H,8-9H2,1-3H3. The molecule has 1 rings (SSSR count). The van der Waals surface area contributed by atoms with Crippen molar-refractivity contribution in [3.63, 3.8) is 0 Å². The third-order valence-corrected chi connectivity index (χ3v) is 2.73. The fraction of sp³-hybridized carbons (Fsp3) is 0.538. The Morgan fingerprint density at radius 3 is 1.93 bits per heavy atom. The predicted molar refractivity (Wildman–Crippen MR) is 60.6 cm³/mol. The molecule has 0 saturated heterocycles. The van der Waals surface area contributed by atoms with E-state index in [1.807, 2.05) is 0 Å². The lowest BCUT2D eigenvalue weighted by molar-refractivity contribution is 0.278. The highest BCUT2D eigenvalue weighted by Gasteiger charge is 2.05. The number of benzene rings is 1. The van der Waals surface area contributed by atoms with Crippen molar-refractivity contribution >= 4 is 0 Å². The zero-order valence-corrected chi connectivity index (χ0v) is 9.33. The van der Waals surface area contributed by atoms with Gasteiger partial charge in [0.2, 0.25) is 0 Å². The van der Waals surface area contributed by atoms with Gasteiger partial charge in [-0.1, -0.05) is 45.0 Å². The maximum absolute atomic E-state index is 8.84. The van der Waals surface area contributed by atoms with E-state index in [0.717, 1.165) is 6.42 Å². The third-order valence-electron chi connectivity index (χ3n) is 2.73. The minimum absolute atomic E-state index is 0.271. The van der Waals surface area contributed by atoms with Gasteiger partial charge in [-0.2, -0.15) is 0 Å². The highest BCUT2D eigenvalue weighted by molar-refractivity contribution is 5.26. The first-order valence-corrected chi connectivity index (χ1v) is 5.36. The van der Waals surface area contributed by atoms with Crippen LogP contribution in [0.4, 0.5) is 0 Å². The van der Waals surface area contributed by atoms with Crippen LogP contribution < -0.4 is 0 Å². The molecule has 0 aromatic heterocycles. The summed E-state index contributed by atoms with van der Waals surface area (Å²) in [6, 6.07) is 8.73. The van der Waals surface area contributed by atoms with E-state index in [2.05, 4.69) is 45.0 Å². The molecule has 0 saturated carbocycles. The first-order valence-electron chi connectivity index (χ1n) is 5.36. The van der Waals surface area contributed by atoms with E-state index < -0.39 is 0 Å². The molecule has 78 valence electrons. The van der Waals surface area contributed by atoms with Gasteiger partial charge in [0, 0.05) is 6.61 Å². The molecule has 1 unspecified atom stereocenters. The predicted octanol–water partition coefficient (Wildman–Crippen LogP) is 3.30. The van der Waals surface area contributed by atoms with Gasteiger partial charge in [-0.25, -0.2) is 0 Å². The molecule has 1 heteroatoms. The average Bonchev–Trinajstić information content (AvgIpc) is 2.18. The van der Waals surface area contributed by atoms with Crippen molar-refractivity contribution in [1.82, 2.24) is 0 Å². The monoisotopic (exact) mass is 192 g/mol. The van der Waals surface area contributed by atoms with Crippen LogP contribution in [0.25, 0.3) is 0 Å². The Balaban J connectivity index is 2.72. The van der Waals surface area contributed by atoms with Crippen LogP contribution in [0.2, 0.25) is 0 Å². The van der Waals surface area contributed by atoms with Crippen molar-refractivity contribution in [2.75, 3.05) is 6.61 Å². The summed E-state index contributed by atoms with van der Waals surface area (Å²) in [6.07, 6.45) is 0.848. The topological polar surface area (TPSA) is 20.2 Å². The van der Waals surface area contributed by atoms with Crippen molar-refractivity contribution in [3.8, 4) is 0 Å². The third kappa shape index (κ3) is 2.85. The lowest BCUT2D eigenvalue weighted by Gasteiger charge is -2.12. The quantitative estimate of drug-likeness (QED) is 0.776. The van der Waals surface area contributed by atoms with Gasteiger partial charge in [0.15, 0.2) is 0 Å². The van der Waals surface area contributed by atoms with Gasteiger partial charge in [0.25, 0.3) is 0 Å². The smallest absolute Gasteiger partial charge is 0.0436 e. The van der Waals surface area contributed by atoms with E-state index in [1.54, 1.807) is 0 Å². The second-order valence-corrected chi connectivity index (χ2v) is 4.23. The van der Waals surface area contributed by atoms with Gasteiger partial charge in [-0.15, -0.1) is 0 Å². The number of hydrogen-bond acceptors (Lipinski definition) is 1. The molecule has 14 heavy (non-hydrogen) atoms. The Labute approximate surface area is 86.8 Å². The molecule has 0 spiro atoms. The molecule has 0 bridgehead atoms. The Bertz CT molecular complexity index is 261. The second-order valence-electron chi connectivity index (χ2n) is 4.23. The fourth-order valence-electron chi connectivity index (χ4n) is 1.57. The molecule has 0 amide bonds. The molecular formula is C13H20O. The van der Waals surface area contributed by atoms with Crippen molar-refractivity contribution < 1.29 is 5.11 Å². The summed E-state index contributed by atoms with van der Waals surface area (Å²) in [4.78, 5) is 0. The first kappa shape index (κ1) is 11.3. The zero-order chi connectivity index (χ0) is 10.6. The van der Waals surface area contributed by atoms with Crippen molar-refractivity contribution in [3.05, 3.63) is 35.4 Å². The molecule has 1 atom stereocenters. The zero-order valence-electron chi connectivity index (χ0n) is 9.33. The molecule has 1 N–H and O–H groups in total. The van der Waals surface area contributed by atoms with Gasteiger partial charge in [0.1, 0.15) is 0 Å². The van der Waals surface area contributed by atoms with Crippen LogP contribution in [-0.4, -0.2) is 11.7 Å². The highest BCUT2D eigenvalue weighted by atomic mass is 16.3. The van der Waals surface area contributed by atoms with Crippen LogP contribution in [0.15, 0.2) is 24.3 Å². The van der Waals surface area contributed by atoms with E-state index in [0.29, 0.717) is 11.8 Å². The Hall–Kier alpha value is -0.820. The lowest BCUT2D eigenvalue weighted by Crippen LogP contribution is -1.97. The van der Waals surface area contributed by atoms with Crippen LogP contribution >= 0.6 is 0 Å².